The summed E-state index contributed by atoms with van der Waals surface area (Å²) in [6.07, 6.45) is 3.01. The summed E-state index contributed by atoms with van der Waals surface area (Å²) >= 11 is 6.11. The largest absolute Gasteiger partial charge is 0.452 e. The van der Waals surface area contributed by atoms with Gasteiger partial charge in [0.1, 0.15) is 5.60 Å². The SMILES string of the molecule is CN1CCC(OC(=O)COC(=O)c2ccccc2Nc2ccnc3cc(Cl)ccc23)(c2ccccc2)CC1. The van der Waals surface area contributed by atoms with Crippen LogP contribution in [0.25, 0.3) is 10.9 Å². The Bertz CT molecular complexity index is 1450. The first-order chi connectivity index (χ1) is 18.4. The summed E-state index contributed by atoms with van der Waals surface area (Å²) < 4.78 is 11.4. The van der Waals surface area contributed by atoms with E-state index in [1.165, 1.54) is 0 Å². The number of aromatic nitrogens is 1. The number of nitrogens with one attached hydrogen (secondary N) is 1. The van der Waals surface area contributed by atoms with Crippen LogP contribution >= 0.6 is 11.6 Å². The molecule has 0 unspecified atom stereocenters. The van der Waals surface area contributed by atoms with Gasteiger partial charge in [0.15, 0.2) is 6.61 Å². The minimum atomic E-state index is -0.734. The molecule has 1 aliphatic rings. The van der Waals surface area contributed by atoms with E-state index in [1.54, 1.807) is 36.5 Å². The number of hydrogen-bond acceptors (Lipinski definition) is 7. The van der Waals surface area contributed by atoms with Crippen LogP contribution < -0.4 is 5.32 Å². The number of halogens is 1. The molecule has 4 aromatic rings. The average Bonchev–Trinajstić information content (AvgIpc) is 2.94. The van der Waals surface area contributed by atoms with E-state index in [4.69, 9.17) is 21.1 Å². The molecule has 1 aliphatic heterocycles. The van der Waals surface area contributed by atoms with Gasteiger partial charge in [0.05, 0.1) is 16.8 Å². The van der Waals surface area contributed by atoms with Gasteiger partial charge in [-0.2, -0.15) is 0 Å². The predicted octanol–water partition coefficient (Wildman–Crippen LogP) is 5.95. The molecule has 0 amide bonds. The number of carbonyl (C=O) groups is 2. The van der Waals surface area contributed by atoms with E-state index in [0.29, 0.717) is 29.1 Å². The van der Waals surface area contributed by atoms with Crippen molar-refractivity contribution in [1.29, 1.82) is 0 Å². The molecule has 0 saturated carbocycles. The van der Waals surface area contributed by atoms with Gasteiger partial charge in [-0.1, -0.05) is 54.1 Å². The van der Waals surface area contributed by atoms with Crippen molar-refractivity contribution < 1.29 is 19.1 Å². The number of para-hydroxylation sites is 1. The van der Waals surface area contributed by atoms with Gasteiger partial charge >= 0.3 is 11.9 Å². The molecule has 5 rings (SSSR count). The molecule has 0 radical (unpaired) electrons. The molecule has 1 fully saturated rings. The van der Waals surface area contributed by atoms with Crippen molar-refractivity contribution in [2.24, 2.45) is 0 Å². The zero-order chi connectivity index (χ0) is 26.5. The van der Waals surface area contributed by atoms with Crippen LogP contribution in [0.4, 0.5) is 11.4 Å². The van der Waals surface area contributed by atoms with Crippen molar-refractivity contribution in [1.82, 2.24) is 9.88 Å². The second kappa shape index (κ2) is 11.2. The molecule has 3 aromatic carbocycles. The first-order valence-electron chi connectivity index (χ1n) is 12.5. The Morgan fingerprint density at radius 3 is 2.50 bits per heavy atom. The number of likely N-dealkylation sites (tertiary alicyclic amines) is 1. The highest BCUT2D eigenvalue weighted by Crippen LogP contribution is 2.36. The Balaban J connectivity index is 1.29. The highest BCUT2D eigenvalue weighted by molar-refractivity contribution is 6.31. The van der Waals surface area contributed by atoms with Crippen LogP contribution in [0.15, 0.2) is 85.1 Å². The van der Waals surface area contributed by atoms with Gasteiger partial charge in [-0.3, -0.25) is 4.98 Å². The highest BCUT2D eigenvalue weighted by atomic mass is 35.5. The second-order valence-corrected chi connectivity index (χ2v) is 9.84. The summed E-state index contributed by atoms with van der Waals surface area (Å²) in [5, 5.41) is 4.74. The molecule has 7 nitrogen and oxygen atoms in total. The fourth-order valence-corrected chi connectivity index (χ4v) is 4.93. The topological polar surface area (TPSA) is 80.8 Å². The van der Waals surface area contributed by atoms with Crippen molar-refractivity contribution in [3.05, 3.63) is 101 Å². The number of benzene rings is 3. The van der Waals surface area contributed by atoms with Crippen LogP contribution in [0.5, 0.6) is 0 Å². The van der Waals surface area contributed by atoms with Crippen molar-refractivity contribution in [3.8, 4) is 0 Å². The van der Waals surface area contributed by atoms with Gasteiger partial charge < -0.3 is 19.7 Å². The maximum atomic E-state index is 13.0. The lowest BCUT2D eigenvalue weighted by Crippen LogP contribution is -2.44. The third-order valence-electron chi connectivity index (χ3n) is 6.85. The number of esters is 2. The molecule has 38 heavy (non-hydrogen) atoms. The third kappa shape index (κ3) is 5.64. The molecule has 2 heterocycles. The third-order valence-corrected chi connectivity index (χ3v) is 7.08. The first-order valence-corrected chi connectivity index (χ1v) is 12.8. The molecule has 1 aromatic heterocycles. The lowest BCUT2D eigenvalue weighted by atomic mass is 9.84. The van der Waals surface area contributed by atoms with E-state index >= 15 is 0 Å². The van der Waals surface area contributed by atoms with Gasteiger partial charge in [0, 0.05) is 48.2 Å². The highest BCUT2D eigenvalue weighted by Gasteiger charge is 2.39. The first kappa shape index (κ1) is 25.7. The fraction of sp³-hybridized carbons (Fsp3) is 0.233. The summed E-state index contributed by atoms with van der Waals surface area (Å²) in [6, 6.07) is 24.0. The standard InChI is InChI=1S/C30H28ClN3O4/c1-34-17-14-30(15-18-34,21-7-3-2-4-8-21)38-28(35)20-37-29(36)24-9-5-6-10-25(24)33-26-13-16-32-27-19-22(31)11-12-23(26)27/h2-13,16,19H,14-15,17-18,20H2,1H3,(H,32,33). The van der Waals surface area contributed by atoms with Gasteiger partial charge in [-0.15, -0.1) is 0 Å². The molecule has 0 atom stereocenters. The lowest BCUT2D eigenvalue weighted by molar-refractivity contribution is -0.170. The zero-order valence-corrected chi connectivity index (χ0v) is 21.8. The number of rotatable bonds is 7. The lowest BCUT2D eigenvalue weighted by Gasteiger charge is -2.40. The zero-order valence-electron chi connectivity index (χ0n) is 21.0. The number of nitrogens with zero attached hydrogens (tertiary/aromatic N) is 2. The van der Waals surface area contributed by atoms with Crippen LogP contribution in [-0.4, -0.2) is 48.6 Å². The van der Waals surface area contributed by atoms with Crippen molar-refractivity contribution in [2.75, 3.05) is 32.1 Å². The number of ether oxygens (including phenoxy) is 2. The van der Waals surface area contributed by atoms with Gasteiger partial charge in [-0.25, -0.2) is 9.59 Å². The minimum absolute atomic E-state index is 0.302. The number of hydrogen-bond donors (Lipinski definition) is 1. The van der Waals surface area contributed by atoms with E-state index in [-0.39, 0.29) is 0 Å². The van der Waals surface area contributed by atoms with Crippen molar-refractivity contribution in [3.63, 3.8) is 0 Å². The molecule has 8 heteroatoms. The Morgan fingerprint density at radius 1 is 0.974 bits per heavy atom. The maximum Gasteiger partial charge on any atom is 0.345 e. The monoisotopic (exact) mass is 529 g/mol. The van der Waals surface area contributed by atoms with Gasteiger partial charge in [0.25, 0.3) is 0 Å². The minimum Gasteiger partial charge on any atom is -0.452 e. The Kier molecular flexibility index (Phi) is 7.58. The number of fused-ring (bicyclic) bond motifs is 1. The summed E-state index contributed by atoms with van der Waals surface area (Å²) in [7, 11) is 2.05. The molecule has 0 bridgehead atoms. The quantitative estimate of drug-likeness (QED) is 0.296. The van der Waals surface area contributed by atoms with Crippen molar-refractivity contribution in [2.45, 2.75) is 18.4 Å². The molecular weight excluding hydrogens is 502 g/mol. The molecule has 0 spiro atoms. The normalized spacial score (nSPS) is 15.1. The summed E-state index contributed by atoms with van der Waals surface area (Å²) in [6.45, 7) is 1.13. The fourth-order valence-electron chi connectivity index (χ4n) is 4.77. The van der Waals surface area contributed by atoms with E-state index in [0.717, 1.165) is 35.2 Å². The number of anilines is 2. The summed E-state index contributed by atoms with van der Waals surface area (Å²) in [5.41, 5.74) is 2.56. The van der Waals surface area contributed by atoms with Crippen LogP contribution in [-0.2, 0) is 19.9 Å². The van der Waals surface area contributed by atoms with Crippen LogP contribution in [0.2, 0.25) is 5.02 Å². The summed E-state index contributed by atoms with van der Waals surface area (Å²) in [5.74, 6) is -1.20. The molecule has 194 valence electrons. The maximum absolute atomic E-state index is 13.0. The average molecular weight is 530 g/mol. The number of carbonyl (C=O) groups excluding carboxylic acids is 2. The van der Waals surface area contributed by atoms with Crippen molar-refractivity contribution >= 4 is 45.8 Å². The van der Waals surface area contributed by atoms with Crippen LogP contribution in [0.1, 0.15) is 28.8 Å². The van der Waals surface area contributed by atoms with E-state index < -0.39 is 24.1 Å². The van der Waals surface area contributed by atoms with Gasteiger partial charge in [0.2, 0.25) is 0 Å². The molecule has 0 aliphatic carbocycles. The Labute approximate surface area is 226 Å². The van der Waals surface area contributed by atoms with E-state index in [2.05, 4.69) is 15.2 Å². The van der Waals surface area contributed by atoms with E-state index in [9.17, 15) is 9.59 Å². The number of pyridine rings is 1. The van der Waals surface area contributed by atoms with Crippen LogP contribution in [0, 0.1) is 0 Å². The molecule has 1 N–H and O–H groups in total. The Morgan fingerprint density at radius 2 is 1.71 bits per heavy atom. The molecular formula is C30H28ClN3O4. The molecule has 1 saturated heterocycles. The second-order valence-electron chi connectivity index (χ2n) is 9.40. The predicted molar refractivity (Wildman–Crippen MR) is 148 cm³/mol. The number of piperidine rings is 1. The van der Waals surface area contributed by atoms with Gasteiger partial charge in [-0.05, 0) is 49.0 Å². The van der Waals surface area contributed by atoms with Crippen LogP contribution in [0.3, 0.4) is 0 Å². The van der Waals surface area contributed by atoms with E-state index in [1.807, 2.05) is 55.6 Å². The Hall–Kier alpha value is -3.94. The summed E-state index contributed by atoms with van der Waals surface area (Å²) in [4.78, 5) is 32.5. The smallest absolute Gasteiger partial charge is 0.345 e.